The summed E-state index contributed by atoms with van der Waals surface area (Å²) in [6, 6.07) is 0. The van der Waals surface area contributed by atoms with E-state index in [1.807, 2.05) is 6.92 Å². The van der Waals surface area contributed by atoms with Crippen LogP contribution in [-0.4, -0.2) is 23.7 Å². The van der Waals surface area contributed by atoms with Crippen molar-refractivity contribution in [3.8, 4) is 0 Å². The predicted octanol–water partition coefficient (Wildman–Crippen LogP) is 8.63. The molecule has 1 N–H and O–H groups in total. The lowest BCUT2D eigenvalue weighted by Crippen LogP contribution is -2.21. The van der Waals surface area contributed by atoms with Crippen LogP contribution in [0.3, 0.4) is 0 Å². The van der Waals surface area contributed by atoms with E-state index in [1.165, 1.54) is 89.9 Å². The molecule has 0 saturated heterocycles. The maximum Gasteiger partial charge on any atom is 0.309 e. The molecule has 0 saturated carbocycles. The van der Waals surface area contributed by atoms with Gasteiger partial charge in [0.2, 0.25) is 0 Å². The van der Waals surface area contributed by atoms with Crippen LogP contribution in [0.1, 0.15) is 142 Å². The maximum absolute atomic E-state index is 12.0. The molecule has 4 nitrogen and oxygen atoms in total. The molecule has 0 aromatic carbocycles. The van der Waals surface area contributed by atoms with Gasteiger partial charge in [-0.25, -0.2) is 0 Å². The first-order chi connectivity index (χ1) is 15.6. The highest BCUT2D eigenvalue weighted by molar-refractivity contribution is 5.79. The van der Waals surface area contributed by atoms with E-state index in [1.54, 1.807) is 0 Å². The zero-order valence-electron chi connectivity index (χ0n) is 21.3. The fourth-order valence-corrected chi connectivity index (χ4v) is 4.07. The first kappa shape index (κ1) is 30.7. The molecule has 0 bridgehead atoms. The molecule has 0 aliphatic rings. The van der Waals surface area contributed by atoms with E-state index in [9.17, 15) is 9.59 Å². The lowest BCUT2D eigenvalue weighted by atomic mass is 9.97. The number of aliphatic carboxylic acids is 1. The van der Waals surface area contributed by atoms with E-state index in [0.717, 1.165) is 25.7 Å². The molecule has 0 aromatic rings. The van der Waals surface area contributed by atoms with Gasteiger partial charge in [-0.05, 0) is 32.1 Å². The summed E-state index contributed by atoms with van der Waals surface area (Å²) >= 11 is 0. The van der Waals surface area contributed by atoms with Gasteiger partial charge in [0.05, 0.1) is 18.9 Å². The lowest BCUT2D eigenvalue weighted by Gasteiger charge is -2.13. The minimum atomic E-state index is -0.918. The van der Waals surface area contributed by atoms with Crippen LogP contribution < -0.4 is 0 Å². The van der Waals surface area contributed by atoms with Crippen LogP contribution >= 0.6 is 0 Å². The van der Waals surface area contributed by atoms with Crippen LogP contribution in [0.15, 0.2) is 12.2 Å². The Bertz CT molecular complexity index is 458. The van der Waals surface area contributed by atoms with Crippen LogP contribution in [0.5, 0.6) is 0 Å². The van der Waals surface area contributed by atoms with Gasteiger partial charge in [0.1, 0.15) is 0 Å². The smallest absolute Gasteiger partial charge is 0.309 e. The van der Waals surface area contributed by atoms with Crippen molar-refractivity contribution in [2.75, 3.05) is 6.61 Å². The number of hydrogen-bond donors (Lipinski definition) is 1. The van der Waals surface area contributed by atoms with Crippen LogP contribution in [0.4, 0.5) is 0 Å². The molecule has 0 rings (SSSR count). The maximum atomic E-state index is 12.0. The monoisotopic (exact) mass is 452 g/mol. The van der Waals surface area contributed by atoms with Gasteiger partial charge in [-0.1, -0.05) is 116 Å². The number of hydrogen-bond acceptors (Lipinski definition) is 3. The molecule has 0 aliphatic carbocycles. The van der Waals surface area contributed by atoms with Crippen LogP contribution in [0.25, 0.3) is 0 Å². The lowest BCUT2D eigenvalue weighted by molar-refractivity contribution is -0.153. The molecule has 1 atom stereocenters. The average molecular weight is 453 g/mol. The molecule has 32 heavy (non-hydrogen) atoms. The van der Waals surface area contributed by atoms with Crippen molar-refractivity contribution in [3.63, 3.8) is 0 Å². The number of carbonyl (C=O) groups excluding carboxylic acids is 1. The zero-order chi connectivity index (χ0) is 23.7. The third-order valence-electron chi connectivity index (χ3n) is 6.03. The Balaban J connectivity index is 3.43. The molecule has 4 heteroatoms. The van der Waals surface area contributed by atoms with Gasteiger partial charge in [-0.2, -0.15) is 0 Å². The Labute approximate surface area is 198 Å². The van der Waals surface area contributed by atoms with Gasteiger partial charge in [0, 0.05) is 0 Å². The normalized spacial score (nSPS) is 12.3. The zero-order valence-corrected chi connectivity index (χ0v) is 21.3. The van der Waals surface area contributed by atoms with E-state index in [4.69, 9.17) is 9.84 Å². The summed E-state index contributed by atoms with van der Waals surface area (Å²) in [5, 5.41) is 9.01. The molecule has 188 valence electrons. The Hall–Kier alpha value is -1.32. The Morgan fingerprint density at radius 3 is 1.62 bits per heavy atom. The molecule has 0 spiro atoms. The third-order valence-corrected chi connectivity index (χ3v) is 6.03. The molecule has 0 radical (unpaired) electrons. The molecular formula is C28H52O4. The molecule has 1 unspecified atom stereocenters. The fraction of sp³-hybridized carbons (Fsp3) is 0.857. The van der Waals surface area contributed by atoms with E-state index in [2.05, 4.69) is 19.1 Å². The first-order valence-corrected chi connectivity index (χ1v) is 13.6. The molecule has 0 aliphatic heterocycles. The number of carboxylic acids is 1. The van der Waals surface area contributed by atoms with Gasteiger partial charge in [-0.3, -0.25) is 9.59 Å². The molecule has 0 heterocycles. The van der Waals surface area contributed by atoms with E-state index >= 15 is 0 Å². The quantitative estimate of drug-likeness (QED) is 0.0904. The Morgan fingerprint density at radius 1 is 0.719 bits per heavy atom. The highest BCUT2D eigenvalue weighted by Crippen LogP contribution is 2.18. The summed E-state index contributed by atoms with van der Waals surface area (Å²) in [6.07, 6.45) is 27.8. The summed E-state index contributed by atoms with van der Waals surface area (Å²) in [7, 11) is 0. The van der Waals surface area contributed by atoms with Crippen molar-refractivity contribution in [1.82, 2.24) is 0 Å². The predicted molar refractivity (Wildman–Crippen MR) is 135 cm³/mol. The molecular weight excluding hydrogens is 400 g/mol. The number of esters is 1. The van der Waals surface area contributed by atoms with Crippen molar-refractivity contribution in [2.24, 2.45) is 5.92 Å². The number of rotatable bonds is 24. The summed E-state index contributed by atoms with van der Waals surface area (Å²) in [5.41, 5.74) is 0. The summed E-state index contributed by atoms with van der Waals surface area (Å²) in [4.78, 5) is 23.0. The second-order valence-electron chi connectivity index (χ2n) is 9.22. The van der Waals surface area contributed by atoms with E-state index in [-0.39, 0.29) is 12.4 Å². The van der Waals surface area contributed by atoms with Gasteiger partial charge >= 0.3 is 11.9 Å². The van der Waals surface area contributed by atoms with Crippen molar-refractivity contribution in [3.05, 3.63) is 12.2 Å². The number of unbranched alkanes of at least 4 members (excludes halogenated alkanes) is 15. The van der Waals surface area contributed by atoms with E-state index in [0.29, 0.717) is 13.0 Å². The SMILES string of the molecule is CC/C=C/CCCCCCCCCCCCCCCCCC(CC(=O)O)C(=O)OCCC. The average Bonchev–Trinajstić information content (AvgIpc) is 2.77. The van der Waals surface area contributed by atoms with Gasteiger partial charge in [0.15, 0.2) is 0 Å². The second kappa shape index (κ2) is 24.3. The topological polar surface area (TPSA) is 63.6 Å². The van der Waals surface area contributed by atoms with Gasteiger partial charge < -0.3 is 9.84 Å². The summed E-state index contributed by atoms with van der Waals surface area (Å²) < 4.78 is 5.14. The van der Waals surface area contributed by atoms with Crippen LogP contribution in [0, 0.1) is 5.92 Å². The second-order valence-corrected chi connectivity index (χ2v) is 9.22. The highest BCUT2D eigenvalue weighted by Gasteiger charge is 2.22. The van der Waals surface area contributed by atoms with Gasteiger partial charge in [0.25, 0.3) is 0 Å². The third kappa shape index (κ3) is 21.9. The van der Waals surface area contributed by atoms with Crippen molar-refractivity contribution >= 4 is 11.9 Å². The largest absolute Gasteiger partial charge is 0.481 e. The Morgan fingerprint density at radius 2 is 1.19 bits per heavy atom. The Kier molecular flexibility index (Phi) is 23.3. The molecule has 0 fully saturated rings. The number of allylic oxidation sites excluding steroid dienone is 2. The number of carboxylic acid groups (broad SMARTS) is 1. The van der Waals surface area contributed by atoms with Crippen LogP contribution in [0.2, 0.25) is 0 Å². The highest BCUT2D eigenvalue weighted by atomic mass is 16.5. The van der Waals surface area contributed by atoms with Gasteiger partial charge in [-0.15, -0.1) is 0 Å². The summed E-state index contributed by atoms with van der Waals surface area (Å²) in [5.74, 6) is -1.74. The number of carbonyl (C=O) groups is 2. The van der Waals surface area contributed by atoms with Crippen molar-refractivity contribution in [1.29, 1.82) is 0 Å². The fourth-order valence-electron chi connectivity index (χ4n) is 4.07. The van der Waals surface area contributed by atoms with Crippen molar-refractivity contribution in [2.45, 2.75) is 142 Å². The summed E-state index contributed by atoms with van der Waals surface area (Å²) in [6.45, 7) is 4.51. The minimum absolute atomic E-state index is 0.112. The van der Waals surface area contributed by atoms with Crippen molar-refractivity contribution < 1.29 is 19.4 Å². The first-order valence-electron chi connectivity index (χ1n) is 13.6. The minimum Gasteiger partial charge on any atom is -0.481 e. The van der Waals surface area contributed by atoms with Crippen LogP contribution in [-0.2, 0) is 14.3 Å². The standard InChI is InChI=1S/C28H52O4/c1-3-5-6-7-8-9-10-11-12-13-14-15-16-17-18-19-20-21-22-23-26(25-27(29)30)28(31)32-24-4-2/h5-6,26H,3-4,7-25H2,1-2H3,(H,29,30)/b6-5+. The van der Waals surface area contributed by atoms with E-state index < -0.39 is 11.9 Å². The molecule has 0 amide bonds. The number of ether oxygens (including phenoxy) is 1. The molecule has 0 aromatic heterocycles.